The van der Waals surface area contributed by atoms with Gasteiger partial charge in [-0.3, -0.25) is 14.9 Å². The molecule has 0 unspecified atom stereocenters. The average molecular weight is 211 g/mol. The third-order valence-electron chi connectivity index (χ3n) is 3.09. The molecule has 0 spiro atoms. The second kappa shape index (κ2) is 5.29. The minimum Gasteiger partial charge on any atom is -0.296 e. The van der Waals surface area contributed by atoms with Gasteiger partial charge in [0.05, 0.1) is 0 Å². The average Bonchev–Trinajstić information content (AvgIpc) is 2.10. The van der Waals surface area contributed by atoms with Gasteiger partial charge in [0.15, 0.2) is 0 Å². The predicted molar refractivity (Wildman–Crippen MR) is 59.2 cm³/mol. The molecule has 1 fully saturated rings. The zero-order valence-electron chi connectivity index (χ0n) is 9.77. The molecule has 1 saturated heterocycles. The highest BCUT2D eigenvalue weighted by Gasteiger charge is 2.34. The fraction of sp³-hybridized carbons (Fsp3) is 0.833. The molecule has 0 aliphatic carbocycles. The van der Waals surface area contributed by atoms with E-state index in [2.05, 4.69) is 19.2 Å². The van der Waals surface area contributed by atoms with Gasteiger partial charge < -0.3 is 0 Å². The molecule has 1 rings (SSSR count). The van der Waals surface area contributed by atoms with Crippen LogP contribution in [0, 0.1) is 5.41 Å². The van der Waals surface area contributed by atoms with Crippen LogP contribution in [-0.2, 0) is 9.59 Å². The molecule has 3 heteroatoms. The Balaban J connectivity index is 2.36. The summed E-state index contributed by atoms with van der Waals surface area (Å²) in [6.45, 7) is 4.23. The molecule has 1 N–H and O–H groups in total. The van der Waals surface area contributed by atoms with E-state index in [-0.39, 0.29) is 17.2 Å². The Morgan fingerprint density at radius 2 is 1.73 bits per heavy atom. The van der Waals surface area contributed by atoms with Crippen LogP contribution in [0.3, 0.4) is 0 Å². The van der Waals surface area contributed by atoms with Crippen molar-refractivity contribution in [2.24, 2.45) is 5.41 Å². The molecule has 1 aliphatic rings. The van der Waals surface area contributed by atoms with Crippen molar-refractivity contribution in [3.63, 3.8) is 0 Å². The first-order valence-electron chi connectivity index (χ1n) is 5.88. The van der Waals surface area contributed by atoms with E-state index in [0.717, 1.165) is 12.8 Å². The molecule has 0 saturated carbocycles. The van der Waals surface area contributed by atoms with Crippen molar-refractivity contribution in [2.45, 2.75) is 58.8 Å². The molecule has 0 atom stereocenters. The van der Waals surface area contributed by atoms with Crippen LogP contribution in [-0.4, -0.2) is 11.8 Å². The van der Waals surface area contributed by atoms with Crippen molar-refractivity contribution in [1.29, 1.82) is 0 Å². The Labute approximate surface area is 91.6 Å². The molecular weight excluding hydrogens is 190 g/mol. The Morgan fingerprint density at radius 3 is 2.27 bits per heavy atom. The van der Waals surface area contributed by atoms with Crippen LogP contribution in [0.4, 0.5) is 0 Å². The van der Waals surface area contributed by atoms with E-state index in [1.807, 2.05) is 0 Å². The number of unbranched alkanes of at least 4 members (excludes halogenated alkanes) is 3. The van der Waals surface area contributed by atoms with Gasteiger partial charge in [-0.25, -0.2) is 0 Å². The quantitative estimate of drug-likeness (QED) is 0.560. The van der Waals surface area contributed by atoms with Gasteiger partial charge in [0.25, 0.3) is 0 Å². The number of hydrogen-bond donors (Lipinski definition) is 1. The molecule has 0 aromatic rings. The van der Waals surface area contributed by atoms with Crippen molar-refractivity contribution >= 4 is 11.8 Å². The molecule has 86 valence electrons. The van der Waals surface area contributed by atoms with E-state index < -0.39 is 0 Å². The van der Waals surface area contributed by atoms with Gasteiger partial charge in [-0.05, 0) is 11.8 Å². The monoisotopic (exact) mass is 211 g/mol. The summed E-state index contributed by atoms with van der Waals surface area (Å²) in [6, 6.07) is 0. The lowest BCUT2D eigenvalue weighted by Crippen LogP contribution is -2.43. The number of nitrogens with one attached hydrogen (secondary N) is 1. The molecule has 0 radical (unpaired) electrons. The first-order chi connectivity index (χ1) is 7.06. The summed E-state index contributed by atoms with van der Waals surface area (Å²) in [5.41, 5.74) is -0.0901. The zero-order chi connectivity index (χ0) is 11.3. The molecule has 0 aromatic carbocycles. The third kappa shape index (κ3) is 4.02. The second-order valence-electron chi connectivity index (χ2n) is 4.95. The van der Waals surface area contributed by atoms with E-state index in [1.54, 1.807) is 0 Å². The summed E-state index contributed by atoms with van der Waals surface area (Å²) in [4.78, 5) is 22.5. The number of amides is 2. The summed E-state index contributed by atoms with van der Waals surface area (Å²) < 4.78 is 0. The van der Waals surface area contributed by atoms with Crippen LogP contribution in [0.1, 0.15) is 58.8 Å². The van der Waals surface area contributed by atoms with Crippen molar-refractivity contribution in [2.75, 3.05) is 0 Å². The van der Waals surface area contributed by atoms with Crippen LogP contribution in [0.25, 0.3) is 0 Å². The lowest BCUT2D eigenvalue weighted by molar-refractivity contribution is -0.137. The van der Waals surface area contributed by atoms with E-state index in [9.17, 15) is 9.59 Å². The van der Waals surface area contributed by atoms with Gasteiger partial charge in [-0.15, -0.1) is 0 Å². The first kappa shape index (κ1) is 12.2. The number of rotatable bonds is 5. The largest absolute Gasteiger partial charge is 0.296 e. The fourth-order valence-corrected chi connectivity index (χ4v) is 2.24. The normalized spacial score (nSPS) is 20.1. The molecular formula is C12H21NO2. The summed E-state index contributed by atoms with van der Waals surface area (Å²) in [7, 11) is 0. The predicted octanol–water partition coefficient (Wildman–Crippen LogP) is 2.40. The van der Waals surface area contributed by atoms with Crippen LogP contribution in [0.2, 0.25) is 0 Å². The Kier molecular flexibility index (Phi) is 4.30. The minimum atomic E-state index is -0.107. The zero-order valence-corrected chi connectivity index (χ0v) is 9.77. The molecule has 0 aromatic heterocycles. The van der Waals surface area contributed by atoms with Crippen molar-refractivity contribution in [3.8, 4) is 0 Å². The minimum absolute atomic E-state index is 0.0901. The van der Waals surface area contributed by atoms with Crippen LogP contribution in [0.15, 0.2) is 0 Å². The topological polar surface area (TPSA) is 46.2 Å². The van der Waals surface area contributed by atoms with Gasteiger partial charge in [0.2, 0.25) is 11.8 Å². The van der Waals surface area contributed by atoms with E-state index in [0.29, 0.717) is 12.8 Å². The van der Waals surface area contributed by atoms with E-state index in [1.165, 1.54) is 19.3 Å². The number of piperidine rings is 1. The maximum atomic E-state index is 11.2. The summed E-state index contributed by atoms with van der Waals surface area (Å²) in [5.74, 6) is -0.214. The van der Waals surface area contributed by atoms with Gasteiger partial charge >= 0.3 is 0 Å². The van der Waals surface area contributed by atoms with Crippen molar-refractivity contribution in [1.82, 2.24) is 5.32 Å². The standard InChI is InChI=1S/C12H21NO2/c1-3-4-5-6-7-12(2)8-10(14)13-11(15)9-12/h3-9H2,1-2H3,(H,13,14,15). The maximum absolute atomic E-state index is 11.2. The lowest BCUT2D eigenvalue weighted by atomic mass is 9.76. The second-order valence-corrected chi connectivity index (χ2v) is 4.95. The number of carbonyl (C=O) groups is 2. The van der Waals surface area contributed by atoms with Gasteiger partial charge in [-0.2, -0.15) is 0 Å². The first-order valence-corrected chi connectivity index (χ1v) is 5.88. The number of carbonyl (C=O) groups excluding carboxylic acids is 2. The molecule has 1 heterocycles. The smallest absolute Gasteiger partial charge is 0.227 e. The maximum Gasteiger partial charge on any atom is 0.227 e. The van der Waals surface area contributed by atoms with Crippen LogP contribution in [0.5, 0.6) is 0 Å². The lowest BCUT2D eigenvalue weighted by Gasteiger charge is -2.32. The number of imide groups is 1. The Morgan fingerprint density at radius 1 is 1.13 bits per heavy atom. The van der Waals surface area contributed by atoms with Gasteiger partial charge in [0.1, 0.15) is 0 Å². The molecule has 3 nitrogen and oxygen atoms in total. The molecule has 2 amide bonds. The fourth-order valence-electron chi connectivity index (χ4n) is 2.24. The number of hydrogen-bond acceptors (Lipinski definition) is 2. The van der Waals surface area contributed by atoms with Gasteiger partial charge in [0, 0.05) is 12.8 Å². The Hall–Kier alpha value is -0.860. The summed E-state index contributed by atoms with van der Waals surface area (Å²) in [5, 5.41) is 2.36. The van der Waals surface area contributed by atoms with Crippen LogP contribution < -0.4 is 5.32 Å². The van der Waals surface area contributed by atoms with Crippen LogP contribution >= 0.6 is 0 Å². The summed E-state index contributed by atoms with van der Waals surface area (Å²) >= 11 is 0. The van der Waals surface area contributed by atoms with Crippen molar-refractivity contribution < 1.29 is 9.59 Å². The highest BCUT2D eigenvalue weighted by molar-refractivity contribution is 5.98. The molecule has 15 heavy (non-hydrogen) atoms. The van der Waals surface area contributed by atoms with Crippen molar-refractivity contribution in [3.05, 3.63) is 0 Å². The van der Waals surface area contributed by atoms with E-state index >= 15 is 0 Å². The highest BCUT2D eigenvalue weighted by atomic mass is 16.2. The molecule has 0 bridgehead atoms. The highest BCUT2D eigenvalue weighted by Crippen LogP contribution is 2.34. The summed E-state index contributed by atoms with van der Waals surface area (Å²) in [6.07, 6.45) is 6.81. The van der Waals surface area contributed by atoms with E-state index in [4.69, 9.17) is 0 Å². The Bertz CT molecular complexity index is 232. The SMILES string of the molecule is CCCCCCC1(C)CC(=O)NC(=O)C1. The molecule has 1 aliphatic heterocycles. The van der Waals surface area contributed by atoms with Gasteiger partial charge in [-0.1, -0.05) is 39.5 Å². The third-order valence-corrected chi connectivity index (χ3v) is 3.09.